The molecule has 3 rings (SSSR count). The van der Waals surface area contributed by atoms with Gasteiger partial charge in [0.2, 0.25) is 5.91 Å². The maximum absolute atomic E-state index is 11.9. The van der Waals surface area contributed by atoms with Crippen LogP contribution >= 0.6 is 0 Å². The van der Waals surface area contributed by atoms with Gasteiger partial charge >= 0.3 is 0 Å². The normalized spacial score (nSPS) is 12.4. The molecule has 0 saturated heterocycles. The predicted octanol–water partition coefficient (Wildman–Crippen LogP) is 3.67. The van der Waals surface area contributed by atoms with Gasteiger partial charge < -0.3 is 10.4 Å². The summed E-state index contributed by atoms with van der Waals surface area (Å²) in [5.74, 6) is -0.170. The smallest absolute Gasteiger partial charge is 0.217 e. The highest BCUT2D eigenvalue weighted by Gasteiger charge is 2.40. The van der Waals surface area contributed by atoms with Gasteiger partial charge in [-0.1, -0.05) is 91.0 Å². The maximum atomic E-state index is 11.9. The Morgan fingerprint density at radius 2 is 1.27 bits per heavy atom. The van der Waals surface area contributed by atoms with Gasteiger partial charge in [0.1, 0.15) is 5.60 Å². The number of hydrogen-bond donors (Lipinski definition) is 2. The van der Waals surface area contributed by atoms with Crippen LogP contribution in [0.25, 0.3) is 0 Å². The minimum atomic E-state index is -1.34. The minimum absolute atomic E-state index is 0.170. The van der Waals surface area contributed by atoms with Crippen LogP contribution in [-0.4, -0.2) is 17.1 Å². The van der Waals surface area contributed by atoms with Crippen molar-refractivity contribution in [2.45, 2.75) is 25.0 Å². The van der Waals surface area contributed by atoms with Crippen LogP contribution in [-0.2, 0) is 16.8 Å². The fourth-order valence-corrected chi connectivity index (χ4v) is 3.35. The second-order valence-electron chi connectivity index (χ2n) is 6.44. The van der Waals surface area contributed by atoms with Gasteiger partial charge in [0.05, 0.1) is 6.04 Å². The van der Waals surface area contributed by atoms with Crippen LogP contribution in [0.3, 0.4) is 0 Å². The Balaban J connectivity index is 2.11. The molecular formula is C23H23NO2. The van der Waals surface area contributed by atoms with E-state index in [1.54, 1.807) is 0 Å². The number of carbonyl (C=O) groups is 1. The quantitative estimate of drug-likeness (QED) is 0.716. The van der Waals surface area contributed by atoms with Crippen LogP contribution in [0.15, 0.2) is 91.0 Å². The summed E-state index contributed by atoms with van der Waals surface area (Å²) in [7, 11) is 0. The molecule has 0 saturated carbocycles. The van der Waals surface area contributed by atoms with Crippen molar-refractivity contribution in [2.24, 2.45) is 0 Å². The summed E-state index contributed by atoms with van der Waals surface area (Å²) in [6, 6.07) is 28.4. The molecule has 3 heteroatoms. The highest BCUT2D eigenvalue weighted by Crippen LogP contribution is 2.34. The lowest BCUT2D eigenvalue weighted by molar-refractivity contribution is -0.121. The van der Waals surface area contributed by atoms with Crippen molar-refractivity contribution in [2.75, 3.05) is 0 Å². The van der Waals surface area contributed by atoms with E-state index in [0.29, 0.717) is 6.42 Å². The molecule has 0 spiro atoms. The first-order valence-corrected chi connectivity index (χ1v) is 8.75. The summed E-state index contributed by atoms with van der Waals surface area (Å²) in [5.41, 5.74) is 1.21. The van der Waals surface area contributed by atoms with Crippen molar-refractivity contribution in [1.29, 1.82) is 0 Å². The largest absolute Gasteiger partial charge is 0.378 e. The molecule has 0 aliphatic rings. The zero-order chi connectivity index (χ0) is 18.4. The second kappa shape index (κ2) is 7.98. The molecule has 0 aromatic heterocycles. The van der Waals surface area contributed by atoms with E-state index in [1.807, 2.05) is 91.0 Å². The molecule has 3 aromatic rings. The first kappa shape index (κ1) is 17.9. The molecule has 2 N–H and O–H groups in total. The molecule has 3 aromatic carbocycles. The molecular weight excluding hydrogens is 322 g/mol. The molecule has 1 unspecified atom stereocenters. The van der Waals surface area contributed by atoms with Gasteiger partial charge in [-0.25, -0.2) is 0 Å². The van der Waals surface area contributed by atoms with E-state index >= 15 is 0 Å². The van der Waals surface area contributed by atoms with Crippen molar-refractivity contribution >= 4 is 5.91 Å². The molecule has 3 nitrogen and oxygen atoms in total. The predicted molar refractivity (Wildman–Crippen MR) is 104 cm³/mol. The lowest BCUT2D eigenvalue weighted by Gasteiger charge is -2.38. The molecule has 0 heterocycles. The SMILES string of the molecule is CC(=O)NC(Cc1ccccc1)C(O)(c1ccccc1)c1ccccc1. The van der Waals surface area contributed by atoms with Crippen LogP contribution in [0.5, 0.6) is 0 Å². The third-order valence-corrected chi connectivity index (χ3v) is 4.59. The molecule has 0 aliphatic heterocycles. The number of benzene rings is 3. The summed E-state index contributed by atoms with van der Waals surface area (Å²) in [6.45, 7) is 1.48. The van der Waals surface area contributed by atoms with E-state index in [4.69, 9.17) is 0 Å². The molecule has 26 heavy (non-hydrogen) atoms. The van der Waals surface area contributed by atoms with Crippen molar-refractivity contribution in [3.63, 3.8) is 0 Å². The number of aliphatic hydroxyl groups is 1. The molecule has 0 aliphatic carbocycles. The second-order valence-corrected chi connectivity index (χ2v) is 6.44. The topological polar surface area (TPSA) is 49.3 Å². The highest BCUT2D eigenvalue weighted by atomic mass is 16.3. The van der Waals surface area contributed by atoms with Crippen molar-refractivity contribution in [1.82, 2.24) is 5.32 Å². The summed E-state index contributed by atoms with van der Waals surface area (Å²) in [5, 5.41) is 14.9. The van der Waals surface area contributed by atoms with Gasteiger partial charge in [0, 0.05) is 6.92 Å². The van der Waals surface area contributed by atoms with E-state index in [0.717, 1.165) is 16.7 Å². The molecule has 1 amide bonds. The summed E-state index contributed by atoms with van der Waals surface area (Å²) >= 11 is 0. The zero-order valence-electron chi connectivity index (χ0n) is 14.8. The van der Waals surface area contributed by atoms with Gasteiger partial charge in [0.25, 0.3) is 0 Å². The number of rotatable bonds is 6. The van der Waals surface area contributed by atoms with Crippen molar-refractivity contribution < 1.29 is 9.90 Å². The zero-order valence-corrected chi connectivity index (χ0v) is 14.8. The molecule has 0 bridgehead atoms. The van der Waals surface area contributed by atoms with E-state index in [1.165, 1.54) is 6.92 Å². The fourth-order valence-electron chi connectivity index (χ4n) is 3.35. The van der Waals surface area contributed by atoms with Crippen molar-refractivity contribution in [3.8, 4) is 0 Å². The highest BCUT2D eigenvalue weighted by molar-refractivity contribution is 5.73. The minimum Gasteiger partial charge on any atom is -0.378 e. The average Bonchev–Trinajstić information content (AvgIpc) is 2.69. The van der Waals surface area contributed by atoms with Gasteiger partial charge in [0.15, 0.2) is 0 Å². The van der Waals surface area contributed by atoms with Gasteiger partial charge in [-0.15, -0.1) is 0 Å². The fraction of sp³-hybridized carbons (Fsp3) is 0.174. The van der Waals surface area contributed by atoms with E-state index < -0.39 is 11.6 Å². The van der Waals surface area contributed by atoms with Crippen LogP contribution in [0.2, 0.25) is 0 Å². The monoisotopic (exact) mass is 345 g/mol. The van der Waals surface area contributed by atoms with E-state index in [-0.39, 0.29) is 5.91 Å². The summed E-state index contributed by atoms with van der Waals surface area (Å²) in [4.78, 5) is 11.9. The van der Waals surface area contributed by atoms with E-state index in [2.05, 4.69) is 5.32 Å². The molecule has 1 atom stereocenters. The third-order valence-electron chi connectivity index (χ3n) is 4.59. The Kier molecular flexibility index (Phi) is 5.49. The van der Waals surface area contributed by atoms with Gasteiger partial charge in [-0.2, -0.15) is 0 Å². The number of nitrogens with one attached hydrogen (secondary N) is 1. The molecule has 0 radical (unpaired) electrons. The third kappa shape index (κ3) is 3.84. The Hall–Kier alpha value is -2.91. The Labute approximate surface area is 154 Å². The summed E-state index contributed by atoms with van der Waals surface area (Å²) in [6.07, 6.45) is 0.515. The standard InChI is InChI=1S/C23H23NO2/c1-18(25)24-22(17-19-11-5-2-6-12-19)23(26,20-13-7-3-8-14-20)21-15-9-4-10-16-21/h2-16,22,26H,17H2,1H3,(H,24,25). The van der Waals surface area contributed by atoms with Gasteiger partial charge in [-0.05, 0) is 23.1 Å². The van der Waals surface area contributed by atoms with Crippen LogP contribution in [0.1, 0.15) is 23.6 Å². The summed E-state index contributed by atoms with van der Waals surface area (Å²) < 4.78 is 0. The first-order chi connectivity index (χ1) is 12.6. The number of carbonyl (C=O) groups excluding carboxylic acids is 1. The van der Waals surface area contributed by atoms with Crippen LogP contribution < -0.4 is 5.32 Å². The van der Waals surface area contributed by atoms with Crippen molar-refractivity contribution in [3.05, 3.63) is 108 Å². The van der Waals surface area contributed by atoms with Crippen LogP contribution in [0, 0.1) is 0 Å². The van der Waals surface area contributed by atoms with Gasteiger partial charge in [-0.3, -0.25) is 4.79 Å². The Morgan fingerprint density at radius 3 is 1.69 bits per heavy atom. The Bertz CT molecular complexity index is 792. The molecule has 0 fully saturated rings. The van der Waals surface area contributed by atoms with Crippen LogP contribution in [0.4, 0.5) is 0 Å². The lowest BCUT2D eigenvalue weighted by Crippen LogP contribution is -2.52. The first-order valence-electron chi connectivity index (χ1n) is 8.75. The Morgan fingerprint density at radius 1 is 0.846 bits per heavy atom. The van der Waals surface area contributed by atoms with E-state index in [9.17, 15) is 9.90 Å². The average molecular weight is 345 g/mol. The lowest BCUT2D eigenvalue weighted by atomic mass is 9.77. The number of hydrogen-bond acceptors (Lipinski definition) is 2. The maximum Gasteiger partial charge on any atom is 0.217 e. The molecule has 132 valence electrons. The number of amides is 1.